The summed E-state index contributed by atoms with van der Waals surface area (Å²) in [6, 6.07) is 0. The minimum absolute atomic E-state index is 0.851. The van der Waals surface area contributed by atoms with E-state index in [0.717, 1.165) is 11.5 Å². The molecule has 0 fully saturated rings. The summed E-state index contributed by atoms with van der Waals surface area (Å²) in [5.74, 6) is 0. The Morgan fingerprint density at radius 1 is 1.56 bits per heavy atom. The summed E-state index contributed by atoms with van der Waals surface area (Å²) in [5, 5.41) is 0.851. The second-order valence-electron chi connectivity index (χ2n) is 2.07. The van der Waals surface area contributed by atoms with Crippen molar-refractivity contribution in [2.45, 2.75) is 13.3 Å². The van der Waals surface area contributed by atoms with E-state index in [2.05, 4.69) is 12.2 Å². The lowest BCUT2D eigenvalue weighted by Crippen LogP contribution is -1.71. The SMILES string of the molecule is CC1=CCC=CC=C1Cl. The van der Waals surface area contributed by atoms with Gasteiger partial charge in [-0.15, -0.1) is 0 Å². The van der Waals surface area contributed by atoms with Crippen LogP contribution in [-0.4, -0.2) is 0 Å². The lowest BCUT2D eigenvalue weighted by Gasteiger charge is -1.92. The molecule has 48 valence electrons. The summed E-state index contributed by atoms with van der Waals surface area (Å²) in [6.45, 7) is 2.02. The van der Waals surface area contributed by atoms with Crippen molar-refractivity contribution in [1.29, 1.82) is 0 Å². The van der Waals surface area contributed by atoms with Crippen LogP contribution in [0.15, 0.2) is 34.9 Å². The monoisotopic (exact) mass is 140 g/mol. The fourth-order valence-electron chi connectivity index (χ4n) is 0.705. The van der Waals surface area contributed by atoms with Crippen molar-refractivity contribution in [3.8, 4) is 0 Å². The standard InChI is InChI=1S/C8H9Cl/c1-7-5-3-2-4-6-8(7)9/h2,4-6H,3H2,1H3. The van der Waals surface area contributed by atoms with Gasteiger partial charge in [-0.2, -0.15) is 0 Å². The van der Waals surface area contributed by atoms with Gasteiger partial charge in [0.1, 0.15) is 0 Å². The molecule has 0 spiro atoms. The molecule has 0 aromatic heterocycles. The maximum Gasteiger partial charge on any atom is 0.0431 e. The number of rotatable bonds is 0. The van der Waals surface area contributed by atoms with Crippen molar-refractivity contribution < 1.29 is 0 Å². The molecule has 0 unspecified atom stereocenters. The largest absolute Gasteiger partial charge is 0.0841 e. The van der Waals surface area contributed by atoms with Gasteiger partial charge in [0.05, 0.1) is 0 Å². The van der Waals surface area contributed by atoms with Crippen LogP contribution in [-0.2, 0) is 0 Å². The molecule has 0 radical (unpaired) electrons. The molecule has 0 aliphatic heterocycles. The van der Waals surface area contributed by atoms with Crippen LogP contribution in [0.25, 0.3) is 0 Å². The van der Waals surface area contributed by atoms with Gasteiger partial charge in [0.2, 0.25) is 0 Å². The Balaban J connectivity index is 2.85. The van der Waals surface area contributed by atoms with E-state index in [4.69, 9.17) is 11.6 Å². The first-order chi connectivity index (χ1) is 4.30. The lowest BCUT2D eigenvalue weighted by molar-refractivity contribution is 1.34. The molecule has 0 heterocycles. The zero-order chi connectivity index (χ0) is 6.69. The molecule has 0 saturated heterocycles. The summed E-state index contributed by atoms with van der Waals surface area (Å²) in [7, 11) is 0. The van der Waals surface area contributed by atoms with Crippen LogP contribution >= 0.6 is 11.6 Å². The van der Waals surface area contributed by atoms with Gasteiger partial charge in [-0.05, 0) is 25.0 Å². The summed E-state index contributed by atoms with van der Waals surface area (Å²) in [6.07, 6.45) is 9.09. The highest BCUT2D eigenvalue weighted by atomic mass is 35.5. The van der Waals surface area contributed by atoms with Gasteiger partial charge >= 0.3 is 0 Å². The Morgan fingerprint density at radius 3 is 3.11 bits per heavy atom. The van der Waals surface area contributed by atoms with Crippen LogP contribution in [0, 0.1) is 0 Å². The van der Waals surface area contributed by atoms with Crippen LogP contribution in [0.2, 0.25) is 0 Å². The van der Waals surface area contributed by atoms with Crippen molar-refractivity contribution >= 4 is 11.6 Å². The van der Waals surface area contributed by atoms with Gasteiger partial charge in [0.25, 0.3) is 0 Å². The number of hydrogen-bond acceptors (Lipinski definition) is 0. The minimum atomic E-state index is 0.851. The van der Waals surface area contributed by atoms with Crippen molar-refractivity contribution in [2.75, 3.05) is 0 Å². The van der Waals surface area contributed by atoms with Gasteiger partial charge < -0.3 is 0 Å². The molecule has 0 saturated carbocycles. The molecular weight excluding hydrogens is 132 g/mol. The summed E-state index contributed by atoms with van der Waals surface area (Å²) < 4.78 is 0. The molecule has 9 heavy (non-hydrogen) atoms. The molecule has 0 nitrogen and oxygen atoms in total. The molecule has 0 amide bonds. The predicted molar refractivity (Wildman–Crippen MR) is 41.5 cm³/mol. The smallest absolute Gasteiger partial charge is 0.0431 e. The Morgan fingerprint density at radius 2 is 2.33 bits per heavy atom. The van der Waals surface area contributed by atoms with Crippen LogP contribution in [0.4, 0.5) is 0 Å². The van der Waals surface area contributed by atoms with Gasteiger partial charge in [-0.1, -0.05) is 29.8 Å². The molecule has 0 N–H and O–H groups in total. The highest BCUT2D eigenvalue weighted by Gasteiger charge is 1.94. The van der Waals surface area contributed by atoms with Crippen LogP contribution in [0.5, 0.6) is 0 Å². The first-order valence-electron chi connectivity index (χ1n) is 3.00. The third-order valence-electron chi connectivity index (χ3n) is 1.32. The first-order valence-corrected chi connectivity index (χ1v) is 3.38. The Bertz CT molecular complexity index is 185. The Labute approximate surface area is 60.5 Å². The van der Waals surface area contributed by atoms with Crippen LogP contribution < -0.4 is 0 Å². The van der Waals surface area contributed by atoms with E-state index in [1.54, 1.807) is 0 Å². The van der Waals surface area contributed by atoms with E-state index in [-0.39, 0.29) is 0 Å². The van der Waals surface area contributed by atoms with Gasteiger partial charge in [0.15, 0.2) is 0 Å². The van der Waals surface area contributed by atoms with Crippen LogP contribution in [0.3, 0.4) is 0 Å². The quantitative estimate of drug-likeness (QED) is 0.485. The minimum Gasteiger partial charge on any atom is -0.0841 e. The fraction of sp³-hybridized carbons (Fsp3) is 0.250. The van der Waals surface area contributed by atoms with E-state index in [9.17, 15) is 0 Å². The van der Waals surface area contributed by atoms with Crippen molar-refractivity contribution in [2.24, 2.45) is 0 Å². The van der Waals surface area contributed by atoms with E-state index in [1.165, 1.54) is 5.57 Å². The first kappa shape index (κ1) is 6.63. The summed E-state index contributed by atoms with van der Waals surface area (Å²) in [5.41, 5.74) is 1.17. The van der Waals surface area contributed by atoms with E-state index >= 15 is 0 Å². The van der Waals surface area contributed by atoms with Crippen molar-refractivity contribution in [3.05, 3.63) is 34.9 Å². The third kappa shape index (κ3) is 1.72. The predicted octanol–water partition coefficient (Wildman–Crippen LogP) is 3.02. The maximum atomic E-state index is 5.81. The molecule has 1 aliphatic rings. The Kier molecular flexibility index (Phi) is 2.12. The third-order valence-corrected chi connectivity index (χ3v) is 1.74. The van der Waals surface area contributed by atoms with Gasteiger partial charge in [0, 0.05) is 5.03 Å². The highest BCUT2D eigenvalue weighted by Crippen LogP contribution is 2.16. The maximum absolute atomic E-state index is 5.81. The average Bonchev–Trinajstić information content (AvgIpc) is 1.99. The molecule has 0 atom stereocenters. The van der Waals surface area contributed by atoms with E-state index in [0.29, 0.717) is 0 Å². The highest BCUT2D eigenvalue weighted by molar-refractivity contribution is 6.32. The van der Waals surface area contributed by atoms with Gasteiger partial charge in [-0.3, -0.25) is 0 Å². The van der Waals surface area contributed by atoms with Crippen LogP contribution in [0.1, 0.15) is 13.3 Å². The Hall–Kier alpha value is -0.490. The molecular formula is C8H9Cl. The average molecular weight is 141 g/mol. The molecule has 1 aliphatic carbocycles. The van der Waals surface area contributed by atoms with Crippen molar-refractivity contribution in [1.82, 2.24) is 0 Å². The second-order valence-corrected chi connectivity index (χ2v) is 2.47. The number of hydrogen-bond donors (Lipinski definition) is 0. The topological polar surface area (TPSA) is 0 Å². The van der Waals surface area contributed by atoms with Gasteiger partial charge in [-0.25, -0.2) is 0 Å². The van der Waals surface area contributed by atoms with E-state index < -0.39 is 0 Å². The number of halogens is 1. The summed E-state index contributed by atoms with van der Waals surface area (Å²) >= 11 is 5.81. The summed E-state index contributed by atoms with van der Waals surface area (Å²) in [4.78, 5) is 0. The second kappa shape index (κ2) is 2.88. The zero-order valence-corrected chi connectivity index (χ0v) is 6.15. The molecule has 1 rings (SSSR count). The van der Waals surface area contributed by atoms with E-state index in [1.807, 2.05) is 19.1 Å². The zero-order valence-electron chi connectivity index (χ0n) is 5.39. The molecule has 0 aromatic carbocycles. The molecule has 0 aromatic rings. The number of allylic oxidation sites excluding steroid dienone is 6. The molecule has 0 bridgehead atoms. The lowest BCUT2D eigenvalue weighted by atomic mass is 10.2. The van der Waals surface area contributed by atoms with Crippen molar-refractivity contribution in [3.63, 3.8) is 0 Å². The fourth-order valence-corrected chi connectivity index (χ4v) is 0.855. The normalized spacial score (nSPS) is 18.4. The molecule has 1 heteroatoms.